The van der Waals surface area contributed by atoms with Gasteiger partial charge in [0.1, 0.15) is 5.69 Å². The molecule has 4 rings (SSSR count). The first-order valence-electron chi connectivity index (χ1n) is 7.13. The fourth-order valence-corrected chi connectivity index (χ4v) is 3.38. The fraction of sp³-hybridized carbons (Fsp3) is 0.467. The summed E-state index contributed by atoms with van der Waals surface area (Å²) in [5, 5.41) is 8.38. The Balaban J connectivity index is 1.50. The van der Waals surface area contributed by atoms with E-state index in [0.29, 0.717) is 18.3 Å². The van der Waals surface area contributed by atoms with Crippen LogP contribution >= 0.6 is 0 Å². The van der Waals surface area contributed by atoms with Crippen LogP contribution in [0.1, 0.15) is 5.69 Å². The molecular weight excluding hydrogens is 254 g/mol. The van der Waals surface area contributed by atoms with Gasteiger partial charge in [-0.05, 0) is 24.0 Å². The highest BCUT2D eigenvalue weighted by molar-refractivity contribution is 5.86. The van der Waals surface area contributed by atoms with Crippen molar-refractivity contribution in [2.75, 3.05) is 26.2 Å². The van der Waals surface area contributed by atoms with Crippen molar-refractivity contribution in [3.8, 4) is 0 Å². The molecule has 2 unspecified atom stereocenters. The van der Waals surface area contributed by atoms with E-state index in [0.717, 1.165) is 42.8 Å². The Kier molecular flexibility index (Phi) is 2.73. The minimum Gasteiger partial charge on any atom is -0.356 e. The number of carbonyl (C=O) groups excluding carboxylic acids is 1. The van der Waals surface area contributed by atoms with Gasteiger partial charge in [0, 0.05) is 31.6 Å². The van der Waals surface area contributed by atoms with E-state index < -0.39 is 0 Å². The second-order valence-electron chi connectivity index (χ2n) is 5.78. The van der Waals surface area contributed by atoms with Crippen LogP contribution in [0.3, 0.4) is 0 Å². The van der Waals surface area contributed by atoms with E-state index in [2.05, 4.69) is 10.5 Å². The summed E-state index contributed by atoms with van der Waals surface area (Å²) in [6.07, 6.45) is 0.337. The van der Waals surface area contributed by atoms with Crippen LogP contribution in [0.4, 0.5) is 0 Å². The summed E-state index contributed by atoms with van der Waals surface area (Å²) in [5.41, 5.74) is 1.50. The molecule has 2 fully saturated rings. The van der Waals surface area contributed by atoms with Crippen LogP contribution in [-0.4, -0.2) is 42.1 Å². The number of benzene rings is 1. The van der Waals surface area contributed by atoms with Crippen LogP contribution in [0.5, 0.6) is 0 Å². The van der Waals surface area contributed by atoms with Crippen molar-refractivity contribution < 1.29 is 9.32 Å². The summed E-state index contributed by atoms with van der Waals surface area (Å²) in [7, 11) is 0. The van der Waals surface area contributed by atoms with Gasteiger partial charge in [-0.25, -0.2) is 0 Å². The molecule has 2 aliphatic heterocycles. The number of amides is 1. The number of nitrogens with zero attached hydrogens (tertiary/aromatic N) is 2. The van der Waals surface area contributed by atoms with E-state index in [1.807, 2.05) is 29.2 Å². The number of hydrogen-bond acceptors (Lipinski definition) is 4. The smallest absolute Gasteiger partial charge is 0.228 e. The molecule has 0 radical (unpaired) electrons. The summed E-state index contributed by atoms with van der Waals surface area (Å²) in [6.45, 7) is 3.85. The van der Waals surface area contributed by atoms with Gasteiger partial charge < -0.3 is 14.7 Å². The quantitative estimate of drug-likeness (QED) is 0.887. The average molecular weight is 271 g/mol. The molecule has 2 atom stereocenters. The van der Waals surface area contributed by atoms with Gasteiger partial charge in [0.2, 0.25) is 5.91 Å². The summed E-state index contributed by atoms with van der Waals surface area (Å²) in [5.74, 6) is 1.43. The normalized spacial score (nSPS) is 25.3. The SMILES string of the molecule is O=C(Cc1noc2ccccc12)N1CC2CNCC2C1. The lowest BCUT2D eigenvalue weighted by atomic mass is 10.0. The maximum absolute atomic E-state index is 12.4. The van der Waals surface area contributed by atoms with Crippen molar-refractivity contribution in [2.24, 2.45) is 11.8 Å². The van der Waals surface area contributed by atoms with Crippen LogP contribution in [0, 0.1) is 11.8 Å². The highest BCUT2D eigenvalue weighted by Gasteiger charge is 2.38. The van der Waals surface area contributed by atoms with Crippen LogP contribution in [0.15, 0.2) is 28.8 Å². The topological polar surface area (TPSA) is 58.4 Å². The van der Waals surface area contributed by atoms with Crippen LogP contribution < -0.4 is 5.32 Å². The Morgan fingerprint density at radius 3 is 2.85 bits per heavy atom. The number of likely N-dealkylation sites (tertiary alicyclic amines) is 1. The molecule has 0 aliphatic carbocycles. The summed E-state index contributed by atoms with van der Waals surface area (Å²) >= 11 is 0. The molecule has 0 spiro atoms. The molecule has 2 aliphatic rings. The first-order chi connectivity index (χ1) is 9.81. The van der Waals surface area contributed by atoms with Crippen molar-refractivity contribution in [3.05, 3.63) is 30.0 Å². The lowest BCUT2D eigenvalue weighted by Crippen LogP contribution is -2.33. The number of para-hydroxylation sites is 1. The maximum atomic E-state index is 12.4. The van der Waals surface area contributed by atoms with Gasteiger partial charge in [0.25, 0.3) is 0 Å². The summed E-state index contributed by atoms with van der Waals surface area (Å²) in [6, 6.07) is 7.69. The van der Waals surface area contributed by atoms with E-state index >= 15 is 0 Å². The molecule has 5 heteroatoms. The van der Waals surface area contributed by atoms with E-state index in [1.165, 1.54) is 0 Å². The second-order valence-corrected chi connectivity index (χ2v) is 5.78. The molecule has 104 valence electrons. The van der Waals surface area contributed by atoms with Gasteiger partial charge in [-0.2, -0.15) is 0 Å². The van der Waals surface area contributed by atoms with E-state index in [1.54, 1.807) is 0 Å². The van der Waals surface area contributed by atoms with Crippen LogP contribution in [-0.2, 0) is 11.2 Å². The maximum Gasteiger partial charge on any atom is 0.228 e. The molecule has 0 bridgehead atoms. The van der Waals surface area contributed by atoms with Crippen molar-refractivity contribution >= 4 is 16.9 Å². The third-order valence-electron chi connectivity index (χ3n) is 4.51. The molecule has 1 aromatic heterocycles. The molecule has 0 saturated carbocycles. The van der Waals surface area contributed by atoms with E-state index in [4.69, 9.17) is 4.52 Å². The first kappa shape index (κ1) is 11.9. The van der Waals surface area contributed by atoms with Crippen molar-refractivity contribution in [1.82, 2.24) is 15.4 Å². The molecule has 5 nitrogen and oxygen atoms in total. The standard InChI is InChI=1S/C15H17N3O2/c19-15(18-8-10-6-16-7-11(10)9-18)5-13-12-3-1-2-4-14(12)20-17-13/h1-4,10-11,16H,5-9H2. The lowest BCUT2D eigenvalue weighted by Gasteiger charge is -2.16. The van der Waals surface area contributed by atoms with Gasteiger partial charge in [-0.3, -0.25) is 4.79 Å². The highest BCUT2D eigenvalue weighted by Crippen LogP contribution is 2.27. The minimum absolute atomic E-state index is 0.165. The van der Waals surface area contributed by atoms with Crippen LogP contribution in [0.25, 0.3) is 11.0 Å². The molecule has 20 heavy (non-hydrogen) atoms. The second kappa shape index (κ2) is 4.59. The molecular formula is C15H17N3O2. The fourth-order valence-electron chi connectivity index (χ4n) is 3.38. The Morgan fingerprint density at radius 2 is 2.05 bits per heavy atom. The predicted octanol–water partition coefficient (Wildman–Crippen LogP) is 1.05. The number of hydrogen-bond donors (Lipinski definition) is 1. The number of carbonyl (C=O) groups is 1. The van der Waals surface area contributed by atoms with Gasteiger partial charge in [-0.1, -0.05) is 17.3 Å². The molecule has 1 amide bonds. The number of aromatic nitrogens is 1. The lowest BCUT2D eigenvalue weighted by molar-refractivity contribution is -0.129. The van der Waals surface area contributed by atoms with E-state index in [9.17, 15) is 4.79 Å². The monoisotopic (exact) mass is 271 g/mol. The molecule has 3 heterocycles. The third kappa shape index (κ3) is 1.89. The van der Waals surface area contributed by atoms with Gasteiger partial charge in [0.15, 0.2) is 5.58 Å². The third-order valence-corrected chi connectivity index (χ3v) is 4.51. The molecule has 2 saturated heterocycles. The zero-order chi connectivity index (χ0) is 13.5. The molecule has 1 aromatic carbocycles. The minimum atomic E-state index is 0.165. The van der Waals surface area contributed by atoms with Gasteiger partial charge >= 0.3 is 0 Å². The average Bonchev–Trinajstić information content (AvgIpc) is 3.12. The van der Waals surface area contributed by atoms with Crippen molar-refractivity contribution in [1.29, 1.82) is 0 Å². The largest absolute Gasteiger partial charge is 0.356 e. The Labute approximate surface area is 116 Å². The Morgan fingerprint density at radius 1 is 1.30 bits per heavy atom. The van der Waals surface area contributed by atoms with Crippen LogP contribution in [0.2, 0.25) is 0 Å². The van der Waals surface area contributed by atoms with Crippen molar-refractivity contribution in [2.45, 2.75) is 6.42 Å². The number of nitrogens with one attached hydrogen (secondary N) is 1. The zero-order valence-electron chi connectivity index (χ0n) is 11.2. The molecule has 2 aromatic rings. The number of rotatable bonds is 2. The molecule has 1 N–H and O–H groups in total. The predicted molar refractivity (Wildman–Crippen MR) is 74.1 cm³/mol. The Hall–Kier alpha value is -1.88. The highest BCUT2D eigenvalue weighted by atomic mass is 16.5. The van der Waals surface area contributed by atoms with Gasteiger partial charge in [0.05, 0.1) is 6.42 Å². The zero-order valence-corrected chi connectivity index (χ0v) is 11.2. The summed E-state index contributed by atoms with van der Waals surface area (Å²) in [4.78, 5) is 14.4. The summed E-state index contributed by atoms with van der Waals surface area (Å²) < 4.78 is 5.26. The van der Waals surface area contributed by atoms with Gasteiger partial charge in [-0.15, -0.1) is 0 Å². The first-order valence-corrected chi connectivity index (χ1v) is 7.13. The Bertz CT molecular complexity index is 639. The van der Waals surface area contributed by atoms with Crippen molar-refractivity contribution in [3.63, 3.8) is 0 Å². The number of fused-ring (bicyclic) bond motifs is 2. The van der Waals surface area contributed by atoms with E-state index in [-0.39, 0.29) is 5.91 Å².